The van der Waals surface area contributed by atoms with E-state index in [1.165, 1.54) is 28.2 Å². The lowest BCUT2D eigenvalue weighted by atomic mass is 9.55. The molecule has 13 rings (SSSR count). The first kappa shape index (κ1) is 33.4. The number of hydrogen-bond donors (Lipinski definition) is 0. The van der Waals surface area contributed by atoms with Crippen LogP contribution in [-0.4, -0.2) is 33.6 Å². The molecule has 9 aliphatic carbocycles. The number of rotatable bonds is 10. The van der Waals surface area contributed by atoms with E-state index in [-0.39, 0.29) is 13.8 Å². The van der Waals surface area contributed by atoms with Crippen LogP contribution in [0, 0.1) is 47.3 Å². The summed E-state index contributed by atoms with van der Waals surface area (Å²) in [6, 6.07) is 36.2. The maximum atomic E-state index is 5.03. The Morgan fingerprint density at radius 3 is 1.43 bits per heavy atom. The molecule has 2 heterocycles. The molecule has 0 radical (unpaired) electrons. The van der Waals surface area contributed by atoms with Gasteiger partial charge in [-0.15, -0.1) is 0 Å². The van der Waals surface area contributed by atoms with Gasteiger partial charge in [0.25, 0.3) is 0 Å². The Kier molecular flexibility index (Phi) is 8.82. The molecule has 2 nitrogen and oxygen atoms in total. The third kappa shape index (κ3) is 6.14. The van der Waals surface area contributed by atoms with E-state index in [2.05, 4.69) is 103 Å². The molecule has 1 unspecified atom stereocenters. The Hall–Kier alpha value is -2.92. The number of nitrogens with zero attached hydrogens (tertiary/aromatic N) is 2. The molecule has 1 atom stereocenters. The summed E-state index contributed by atoms with van der Waals surface area (Å²) in [6.45, 7) is 0. The van der Waals surface area contributed by atoms with Crippen LogP contribution in [0.1, 0.15) is 81.3 Å². The van der Waals surface area contributed by atoms with Crippen molar-refractivity contribution in [2.24, 2.45) is 47.3 Å². The normalized spacial score (nSPS) is 35.6. The number of benzene rings is 2. The van der Waals surface area contributed by atoms with Crippen molar-refractivity contribution < 1.29 is 0 Å². The topological polar surface area (TPSA) is 25.8 Å². The van der Waals surface area contributed by atoms with Crippen LogP contribution in [-0.2, 0) is 0 Å². The highest BCUT2D eigenvalue weighted by Crippen LogP contribution is 2.72. The molecule has 0 amide bonds. The Balaban J connectivity index is 1.07. The molecule has 9 aliphatic rings. The highest BCUT2D eigenvalue weighted by atomic mass is 31.1. The van der Waals surface area contributed by atoms with Crippen molar-refractivity contribution in [3.8, 4) is 0 Å². The number of aromatic nitrogens is 2. The fourth-order valence-electron chi connectivity index (χ4n) is 13.9. The highest BCUT2D eigenvalue weighted by Gasteiger charge is 2.57. The molecule has 8 fully saturated rings. The second-order valence-electron chi connectivity index (χ2n) is 18.3. The first-order valence-electron chi connectivity index (χ1n) is 21.1. The largest absolute Gasteiger partial charge is 0.256 e. The van der Waals surface area contributed by atoms with Gasteiger partial charge in [-0.1, -0.05) is 86.8 Å². The molecule has 2 aromatic carbocycles. The van der Waals surface area contributed by atoms with Gasteiger partial charge in [0.1, 0.15) is 0 Å². The van der Waals surface area contributed by atoms with Crippen molar-refractivity contribution >= 4 is 32.3 Å². The van der Waals surface area contributed by atoms with Gasteiger partial charge in [-0.3, -0.25) is 9.97 Å². The summed E-state index contributed by atoms with van der Waals surface area (Å²) in [6.07, 6.45) is 24.6. The second kappa shape index (κ2) is 14.0. The van der Waals surface area contributed by atoms with Gasteiger partial charge in [-0.2, -0.15) is 0 Å². The van der Waals surface area contributed by atoms with Gasteiger partial charge in [0, 0.05) is 32.4 Å². The predicted octanol–water partition coefficient (Wildman–Crippen LogP) is 11.2. The lowest BCUT2D eigenvalue weighted by Gasteiger charge is -2.62. The standard InChI is InChI=1S/C49H54N2P2/c1-3-11-36(12-4-1)43-29-42(30-52(45-15-7-9-17-50-45)46-16-8-10-18-51-46)44(47(43)37-13-5-2-6-14-37)31-53(48-38-21-32-19-33(23-38)24-39(48)22-32)49-40-25-34-20-35(27-40)28-41(49)26-34/h1-18,29,32-35,38-41,43,48-49H,19-28,30-31H2. The minimum atomic E-state index is -0.755. The molecule has 0 aliphatic heterocycles. The summed E-state index contributed by atoms with van der Waals surface area (Å²) in [4.78, 5) is 10.1. The Bertz CT molecular complexity index is 1840. The van der Waals surface area contributed by atoms with Crippen molar-refractivity contribution in [2.45, 2.75) is 81.4 Å². The van der Waals surface area contributed by atoms with Gasteiger partial charge in [-0.25, -0.2) is 0 Å². The zero-order chi connectivity index (χ0) is 34.9. The average Bonchev–Trinajstić information content (AvgIpc) is 3.55. The zero-order valence-electron chi connectivity index (χ0n) is 31.1. The molecular weight excluding hydrogens is 679 g/mol. The highest BCUT2D eigenvalue weighted by molar-refractivity contribution is 7.72. The average molecular weight is 733 g/mol. The minimum absolute atomic E-state index is 0.159. The molecule has 0 saturated heterocycles. The molecule has 8 bridgehead atoms. The Morgan fingerprint density at radius 2 is 0.962 bits per heavy atom. The van der Waals surface area contributed by atoms with Gasteiger partial charge < -0.3 is 0 Å². The zero-order valence-corrected chi connectivity index (χ0v) is 32.9. The van der Waals surface area contributed by atoms with Crippen LogP contribution in [0.4, 0.5) is 0 Å². The summed E-state index contributed by atoms with van der Waals surface area (Å²) < 4.78 is 0. The maximum Gasteiger partial charge on any atom is 0.0695 e. The molecule has 4 aromatic rings. The van der Waals surface area contributed by atoms with Crippen molar-refractivity contribution in [1.82, 2.24) is 9.97 Å². The second-order valence-corrected chi connectivity index (χ2v) is 22.9. The molecule has 2 aromatic heterocycles. The maximum absolute atomic E-state index is 5.03. The van der Waals surface area contributed by atoms with E-state index in [4.69, 9.17) is 9.97 Å². The molecular formula is C49H54N2P2. The van der Waals surface area contributed by atoms with Crippen molar-refractivity contribution in [2.75, 3.05) is 12.3 Å². The molecule has 8 saturated carbocycles. The van der Waals surface area contributed by atoms with Gasteiger partial charge in [0.2, 0.25) is 0 Å². The number of allylic oxidation sites excluding steroid dienone is 4. The van der Waals surface area contributed by atoms with E-state index < -0.39 is 7.92 Å². The minimum Gasteiger partial charge on any atom is -0.256 e. The Morgan fingerprint density at radius 1 is 0.491 bits per heavy atom. The fourth-order valence-corrected chi connectivity index (χ4v) is 20.8. The van der Waals surface area contributed by atoms with Crippen molar-refractivity contribution in [3.63, 3.8) is 0 Å². The lowest BCUT2D eigenvalue weighted by Crippen LogP contribution is -2.53. The fraction of sp³-hybridized carbons (Fsp3) is 0.469. The summed E-state index contributed by atoms with van der Waals surface area (Å²) in [5, 5.41) is 0. The van der Waals surface area contributed by atoms with Gasteiger partial charge in [-0.05, 0) is 181 Å². The first-order valence-corrected chi connectivity index (χ1v) is 24.3. The van der Waals surface area contributed by atoms with E-state index >= 15 is 0 Å². The molecule has 0 N–H and O–H groups in total. The molecule has 53 heavy (non-hydrogen) atoms. The quantitative estimate of drug-likeness (QED) is 0.152. The van der Waals surface area contributed by atoms with Crippen molar-refractivity contribution in [1.29, 1.82) is 0 Å². The van der Waals surface area contributed by atoms with Gasteiger partial charge in [0.05, 0.1) is 10.9 Å². The summed E-state index contributed by atoms with van der Waals surface area (Å²) in [5.74, 6) is 8.39. The van der Waals surface area contributed by atoms with Crippen LogP contribution in [0.3, 0.4) is 0 Å². The lowest BCUT2D eigenvalue weighted by molar-refractivity contribution is 0.0131. The van der Waals surface area contributed by atoms with E-state index in [0.29, 0.717) is 0 Å². The third-order valence-electron chi connectivity index (χ3n) is 15.3. The summed E-state index contributed by atoms with van der Waals surface area (Å²) >= 11 is 0. The van der Waals surface area contributed by atoms with Crippen LogP contribution in [0.25, 0.3) is 5.57 Å². The van der Waals surface area contributed by atoms with Crippen LogP contribution in [0.15, 0.2) is 127 Å². The van der Waals surface area contributed by atoms with Crippen LogP contribution in [0.2, 0.25) is 0 Å². The smallest absolute Gasteiger partial charge is 0.0695 e. The van der Waals surface area contributed by atoms with Crippen LogP contribution < -0.4 is 10.9 Å². The number of pyridine rings is 2. The van der Waals surface area contributed by atoms with Crippen LogP contribution >= 0.6 is 15.8 Å². The summed E-state index contributed by atoms with van der Waals surface area (Å²) in [7, 11) is -0.915. The summed E-state index contributed by atoms with van der Waals surface area (Å²) in [5.41, 5.74) is 12.2. The Labute approximate surface area is 319 Å². The van der Waals surface area contributed by atoms with E-state index in [1.807, 2.05) is 12.4 Å². The van der Waals surface area contributed by atoms with Gasteiger partial charge >= 0.3 is 0 Å². The van der Waals surface area contributed by atoms with Gasteiger partial charge in [0.15, 0.2) is 0 Å². The van der Waals surface area contributed by atoms with Crippen molar-refractivity contribution in [3.05, 3.63) is 138 Å². The molecule has 0 spiro atoms. The van der Waals surface area contributed by atoms with E-state index in [9.17, 15) is 0 Å². The third-order valence-corrected chi connectivity index (χ3v) is 21.5. The van der Waals surface area contributed by atoms with E-state index in [0.717, 1.165) is 64.8 Å². The molecule has 4 heteroatoms. The van der Waals surface area contributed by atoms with Crippen LogP contribution in [0.5, 0.6) is 0 Å². The van der Waals surface area contributed by atoms with E-state index in [1.54, 1.807) is 80.9 Å². The monoisotopic (exact) mass is 732 g/mol. The predicted molar refractivity (Wildman–Crippen MR) is 224 cm³/mol. The SMILES string of the molecule is C1=C(CP(c2ccccn2)c2ccccn2)C(CP(C2C3CC4CC(C3)CC2C4)C2C3CC4CC(C3)CC2C4)=C(c2ccccc2)C1c1ccccc1. The number of hydrogen-bond acceptors (Lipinski definition) is 2. The molecule has 270 valence electrons. The first-order chi connectivity index (χ1) is 26.2.